The standard InChI is InChI=1S/C49H42N2/c1-48(2,3)34-27-31-37(32-28-34)50(45-24-14-20-40-39-17-9-11-21-42(39)49(4,5)47(40)45)36-29-25-33(26-30-36)38-19-13-23-44-46(38)41-18-10-12-22-43(41)51(44)35-15-7-6-8-16-35/h6-32H,1-5H3. The molecule has 0 atom stereocenters. The number of hydrogen-bond acceptors (Lipinski definition) is 1. The van der Waals surface area contributed by atoms with Crippen molar-refractivity contribution >= 4 is 38.9 Å². The molecule has 0 amide bonds. The summed E-state index contributed by atoms with van der Waals surface area (Å²) < 4.78 is 2.39. The fraction of sp³-hybridized carbons (Fsp3) is 0.143. The first kappa shape index (κ1) is 31.1. The number of anilines is 3. The van der Waals surface area contributed by atoms with E-state index >= 15 is 0 Å². The van der Waals surface area contributed by atoms with Gasteiger partial charge in [0.1, 0.15) is 0 Å². The van der Waals surface area contributed by atoms with E-state index in [4.69, 9.17) is 0 Å². The first-order valence-electron chi connectivity index (χ1n) is 18.0. The predicted octanol–water partition coefficient (Wildman–Crippen LogP) is 13.5. The van der Waals surface area contributed by atoms with Crippen LogP contribution in [-0.2, 0) is 10.8 Å². The van der Waals surface area contributed by atoms with Crippen LogP contribution in [0.5, 0.6) is 0 Å². The molecule has 2 heteroatoms. The quantitative estimate of drug-likeness (QED) is 0.179. The monoisotopic (exact) mass is 658 g/mol. The van der Waals surface area contributed by atoms with Crippen molar-refractivity contribution in [3.05, 3.63) is 180 Å². The molecule has 1 aromatic heterocycles. The van der Waals surface area contributed by atoms with Crippen LogP contribution in [0.1, 0.15) is 51.3 Å². The minimum atomic E-state index is -0.144. The molecule has 0 unspecified atom stereocenters. The van der Waals surface area contributed by atoms with Crippen LogP contribution in [0.25, 0.3) is 49.7 Å². The number of benzene rings is 7. The third-order valence-electron chi connectivity index (χ3n) is 10.9. The van der Waals surface area contributed by atoms with E-state index in [2.05, 4.69) is 208 Å². The topological polar surface area (TPSA) is 8.17 Å². The summed E-state index contributed by atoms with van der Waals surface area (Å²) in [5, 5.41) is 2.54. The summed E-state index contributed by atoms with van der Waals surface area (Å²) in [4.78, 5) is 2.46. The molecule has 248 valence electrons. The van der Waals surface area contributed by atoms with Gasteiger partial charge in [-0.2, -0.15) is 0 Å². The molecule has 51 heavy (non-hydrogen) atoms. The Hall–Kier alpha value is -5.86. The molecule has 2 nitrogen and oxygen atoms in total. The largest absolute Gasteiger partial charge is 0.310 e. The van der Waals surface area contributed by atoms with Gasteiger partial charge in [0.15, 0.2) is 0 Å². The fourth-order valence-electron chi connectivity index (χ4n) is 8.45. The van der Waals surface area contributed by atoms with Crippen molar-refractivity contribution in [3.8, 4) is 27.9 Å². The second-order valence-electron chi connectivity index (χ2n) is 15.4. The van der Waals surface area contributed by atoms with E-state index < -0.39 is 0 Å². The van der Waals surface area contributed by atoms with Crippen LogP contribution < -0.4 is 4.90 Å². The van der Waals surface area contributed by atoms with Crippen molar-refractivity contribution in [1.29, 1.82) is 0 Å². The number of nitrogens with zero attached hydrogens (tertiary/aromatic N) is 2. The zero-order valence-corrected chi connectivity index (χ0v) is 30.0. The molecule has 0 saturated heterocycles. The van der Waals surface area contributed by atoms with Gasteiger partial charge in [-0.3, -0.25) is 0 Å². The fourth-order valence-corrected chi connectivity index (χ4v) is 8.45. The van der Waals surface area contributed by atoms with Crippen LogP contribution >= 0.6 is 0 Å². The maximum atomic E-state index is 2.46. The maximum Gasteiger partial charge on any atom is 0.0547 e. The third-order valence-corrected chi connectivity index (χ3v) is 10.9. The van der Waals surface area contributed by atoms with Gasteiger partial charge in [0.05, 0.1) is 16.7 Å². The second kappa shape index (κ2) is 11.6. The van der Waals surface area contributed by atoms with Crippen molar-refractivity contribution < 1.29 is 0 Å². The summed E-state index contributed by atoms with van der Waals surface area (Å²) >= 11 is 0. The highest BCUT2D eigenvalue weighted by atomic mass is 15.1. The van der Waals surface area contributed by atoms with Crippen molar-refractivity contribution in [2.45, 2.75) is 45.4 Å². The summed E-state index contributed by atoms with van der Waals surface area (Å²) in [6.45, 7) is 11.6. The molecular weight excluding hydrogens is 617 g/mol. The van der Waals surface area contributed by atoms with Crippen molar-refractivity contribution in [2.24, 2.45) is 0 Å². The molecule has 8 aromatic rings. The Morgan fingerprint density at radius 1 is 0.510 bits per heavy atom. The average Bonchev–Trinajstić information content (AvgIpc) is 3.62. The van der Waals surface area contributed by atoms with Crippen molar-refractivity contribution in [1.82, 2.24) is 4.57 Å². The average molecular weight is 659 g/mol. The Balaban J connectivity index is 1.22. The summed E-state index contributed by atoms with van der Waals surface area (Å²) in [5.74, 6) is 0. The second-order valence-corrected chi connectivity index (χ2v) is 15.4. The van der Waals surface area contributed by atoms with Gasteiger partial charge in [-0.1, -0.05) is 144 Å². The highest BCUT2D eigenvalue weighted by Gasteiger charge is 2.38. The van der Waals surface area contributed by atoms with E-state index in [1.807, 2.05) is 0 Å². The normalized spacial score (nSPS) is 13.4. The summed E-state index contributed by atoms with van der Waals surface area (Å²) in [7, 11) is 0. The van der Waals surface area contributed by atoms with Gasteiger partial charge in [-0.15, -0.1) is 0 Å². The van der Waals surface area contributed by atoms with Crippen LogP contribution in [0.15, 0.2) is 164 Å². The Bertz CT molecular complexity index is 2560. The number of hydrogen-bond donors (Lipinski definition) is 0. The number of aromatic nitrogens is 1. The molecular formula is C49H42N2. The van der Waals surface area contributed by atoms with Crippen molar-refractivity contribution in [3.63, 3.8) is 0 Å². The summed E-state index contributed by atoms with van der Waals surface area (Å²) in [5.41, 5.74) is 16.2. The van der Waals surface area contributed by atoms with E-state index in [0.717, 1.165) is 11.4 Å². The predicted molar refractivity (Wildman–Crippen MR) is 217 cm³/mol. The molecule has 7 aromatic carbocycles. The lowest BCUT2D eigenvalue weighted by Crippen LogP contribution is -2.20. The molecule has 0 bridgehead atoms. The molecule has 9 rings (SSSR count). The van der Waals surface area contributed by atoms with E-state index in [-0.39, 0.29) is 10.8 Å². The molecule has 0 N–H and O–H groups in total. The number of fused-ring (bicyclic) bond motifs is 6. The molecule has 0 saturated carbocycles. The number of para-hydroxylation sites is 2. The minimum absolute atomic E-state index is 0.0767. The molecule has 1 aliphatic rings. The summed E-state index contributed by atoms with van der Waals surface area (Å²) in [6.07, 6.45) is 0. The van der Waals surface area contributed by atoms with Crippen molar-refractivity contribution in [2.75, 3.05) is 4.90 Å². The van der Waals surface area contributed by atoms with Gasteiger partial charge >= 0.3 is 0 Å². The lowest BCUT2D eigenvalue weighted by atomic mass is 9.81. The van der Waals surface area contributed by atoms with Crippen LogP contribution in [-0.4, -0.2) is 4.57 Å². The summed E-state index contributed by atoms with van der Waals surface area (Å²) in [6, 6.07) is 60.3. The molecule has 0 aliphatic heterocycles. The molecule has 0 spiro atoms. The van der Waals surface area contributed by atoms with Crippen LogP contribution in [0.3, 0.4) is 0 Å². The lowest BCUT2D eigenvalue weighted by Gasteiger charge is -2.32. The first-order valence-corrected chi connectivity index (χ1v) is 18.0. The minimum Gasteiger partial charge on any atom is -0.310 e. The SMILES string of the molecule is CC(C)(C)c1ccc(N(c2ccc(-c3cccc4c3c3ccccc3n4-c3ccccc3)cc2)c2cccc3c2C(C)(C)c2ccccc2-3)cc1. The first-order chi connectivity index (χ1) is 24.7. The third kappa shape index (κ3) is 4.93. The van der Waals surface area contributed by atoms with Gasteiger partial charge in [-0.25, -0.2) is 0 Å². The smallest absolute Gasteiger partial charge is 0.0547 e. The Morgan fingerprint density at radius 2 is 1.10 bits per heavy atom. The van der Waals surface area contributed by atoms with E-state index in [9.17, 15) is 0 Å². The molecule has 0 fully saturated rings. The van der Waals surface area contributed by atoms with Crippen LogP contribution in [0, 0.1) is 0 Å². The maximum absolute atomic E-state index is 2.46. The van der Waals surface area contributed by atoms with E-state index in [0.29, 0.717) is 0 Å². The zero-order chi connectivity index (χ0) is 34.9. The van der Waals surface area contributed by atoms with Crippen LogP contribution in [0.4, 0.5) is 17.1 Å². The lowest BCUT2D eigenvalue weighted by molar-refractivity contribution is 0.590. The van der Waals surface area contributed by atoms with Gasteiger partial charge in [0.2, 0.25) is 0 Å². The van der Waals surface area contributed by atoms with Gasteiger partial charge < -0.3 is 9.47 Å². The highest BCUT2D eigenvalue weighted by molar-refractivity contribution is 6.15. The van der Waals surface area contributed by atoms with E-state index in [1.165, 1.54) is 72.1 Å². The Morgan fingerprint density at radius 3 is 1.84 bits per heavy atom. The highest BCUT2D eigenvalue weighted by Crippen LogP contribution is 2.54. The van der Waals surface area contributed by atoms with Gasteiger partial charge in [0, 0.05) is 33.2 Å². The number of rotatable bonds is 5. The zero-order valence-electron chi connectivity index (χ0n) is 30.0. The Kier molecular flexibility index (Phi) is 7.09. The Labute approximate surface area is 301 Å². The molecule has 1 heterocycles. The molecule has 1 aliphatic carbocycles. The molecule has 0 radical (unpaired) electrons. The van der Waals surface area contributed by atoms with E-state index in [1.54, 1.807) is 0 Å². The van der Waals surface area contributed by atoms with Crippen LogP contribution in [0.2, 0.25) is 0 Å². The van der Waals surface area contributed by atoms with Gasteiger partial charge in [-0.05, 0) is 99.0 Å². The van der Waals surface area contributed by atoms with Gasteiger partial charge in [0.25, 0.3) is 0 Å².